The smallest absolute Gasteiger partial charge is 0.407 e. The first-order valence-corrected chi connectivity index (χ1v) is 20.6. The molecule has 14 heteroatoms. The van der Waals surface area contributed by atoms with E-state index in [0.29, 0.717) is 25.1 Å². The summed E-state index contributed by atoms with van der Waals surface area (Å²) in [5, 5.41) is 6.80. The molecule has 5 atom stereocenters. The summed E-state index contributed by atoms with van der Waals surface area (Å²) in [5.41, 5.74) is -0.543. The van der Waals surface area contributed by atoms with Crippen LogP contribution in [-0.2, 0) is 29.1 Å². The Morgan fingerprint density at radius 1 is 1.04 bits per heavy atom. The van der Waals surface area contributed by atoms with Crippen LogP contribution in [0.5, 0.6) is 5.88 Å². The number of pyridine rings is 1. The van der Waals surface area contributed by atoms with Crippen molar-refractivity contribution in [1.82, 2.24) is 25.2 Å². The van der Waals surface area contributed by atoms with Crippen LogP contribution < -0.4 is 20.1 Å². The predicted molar refractivity (Wildman–Crippen MR) is 198 cm³/mol. The van der Waals surface area contributed by atoms with Gasteiger partial charge in [0, 0.05) is 23.9 Å². The average molecular weight is 748 g/mol. The van der Waals surface area contributed by atoms with Gasteiger partial charge in [-0.25, -0.2) is 18.2 Å². The molecule has 0 radical (unpaired) electrons. The lowest BCUT2D eigenvalue weighted by molar-refractivity contribution is -0.142. The Balaban J connectivity index is 1.21. The topological polar surface area (TPSA) is 173 Å². The van der Waals surface area contributed by atoms with Crippen molar-refractivity contribution in [3.8, 4) is 5.88 Å². The molecule has 1 saturated heterocycles. The zero-order valence-electron chi connectivity index (χ0n) is 30.0. The summed E-state index contributed by atoms with van der Waals surface area (Å²) in [7, 11) is -3.88. The van der Waals surface area contributed by atoms with Crippen LogP contribution in [0, 0.1) is 11.8 Å². The highest BCUT2D eigenvalue weighted by Crippen LogP contribution is 2.45. The molecule has 5 aliphatic rings. The normalized spacial score (nSPS) is 29.3. The van der Waals surface area contributed by atoms with Gasteiger partial charge >= 0.3 is 6.09 Å². The number of aromatic nitrogens is 1. The number of sulfonamides is 1. The number of amides is 4. The van der Waals surface area contributed by atoms with Crippen molar-refractivity contribution in [2.45, 2.75) is 112 Å². The van der Waals surface area contributed by atoms with E-state index in [-0.39, 0.29) is 31.9 Å². The quantitative estimate of drug-likeness (QED) is 0.345. The zero-order valence-corrected chi connectivity index (χ0v) is 30.8. The number of carbonyl (C=O) groups excluding carboxylic acids is 4. The molecule has 4 fully saturated rings. The molecule has 0 spiro atoms. The molecule has 7 rings (SSSR count). The van der Waals surface area contributed by atoms with E-state index in [2.05, 4.69) is 39.1 Å². The minimum Gasteiger partial charge on any atom is -0.472 e. The van der Waals surface area contributed by atoms with Crippen LogP contribution in [0.3, 0.4) is 0 Å². The van der Waals surface area contributed by atoms with E-state index >= 15 is 0 Å². The molecular weight excluding hydrogens is 699 g/mol. The van der Waals surface area contributed by atoms with Crippen LogP contribution >= 0.6 is 0 Å². The molecule has 3 heterocycles. The number of nitrogens with zero attached hydrogens (tertiary/aromatic N) is 2. The Morgan fingerprint density at radius 2 is 1.83 bits per heavy atom. The van der Waals surface area contributed by atoms with Gasteiger partial charge in [-0.05, 0) is 86.8 Å². The molecule has 13 nitrogen and oxygen atoms in total. The van der Waals surface area contributed by atoms with Gasteiger partial charge in [-0.2, -0.15) is 0 Å². The lowest BCUT2D eigenvalue weighted by Crippen LogP contribution is -2.59. The van der Waals surface area contributed by atoms with Crippen molar-refractivity contribution in [2.75, 3.05) is 13.2 Å². The van der Waals surface area contributed by atoms with Gasteiger partial charge in [-0.3, -0.25) is 19.1 Å². The summed E-state index contributed by atoms with van der Waals surface area (Å²) in [6.45, 7) is 4.04. The fourth-order valence-electron chi connectivity index (χ4n) is 8.03. The van der Waals surface area contributed by atoms with Gasteiger partial charge in [0.25, 0.3) is 5.91 Å². The van der Waals surface area contributed by atoms with E-state index in [9.17, 15) is 27.6 Å². The summed E-state index contributed by atoms with van der Waals surface area (Å²) >= 11 is 0. The van der Waals surface area contributed by atoms with Crippen molar-refractivity contribution in [3.05, 3.63) is 54.8 Å². The second kappa shape index (κ2) is 15.5. The highest BCUT2D eigenvalue weighted by atomic mass is 32.2. The Kier molecular flexibility index (Phi) is 10.8. The number of allylic oxidation sites excluding steroid dienone is 1. The number of benzene rings is 1. The minimum atomic E-state index is -3.88. The lowest BCUT2D eigenvalue weighted by atomic mass is 9.83. The van der Waals surface area contributed by atoms with Gasteiger partial charge in [-0.15, -0.1) is 6.58 Å². The van der Waals surface area contributed by atoms with E-state index in [1.165, 1.54) is 11.0 Å². The highest BCUT2D eigenvalue weighted by Gasteiger charge is 2.62. The number of hydrogen-bond donors (Lipinski definition) is 3. The van der Waals surface area contributed by atoms with Gasteiger partial charge in [-0.1, -0.05) is 49.6 Å². The van der Waals surface area contributed by atoms with Crippen LogP contribution in [0.4, 0.5) is 4.79 Å². The number of carbonyl (C=O) groups is 4. The molecule has 53 heavy (non-hydrogen) atoms. The van der Waals surface area contributed by atoms with Crippen molar-refractivity contribution >= 4 is 50.7 Å². The van der Waals surface area contributed by atoms with E-state index in [0.717, 1.165) is 67.7 Å². The molecule has 3 aliphatic carbocycles. The Hall–Kier alpha value is -4.46. The van der Waals surface area contributed by atoms with Crippen LogP contribution in [0.2, 0.25) is 0 Å². The standard InChI is InChI=1S/C39H49N5O8S/c1-2-28-23-39(28,37(47)43-53(49,50)30-16-17-30)42-34(45)32-22-29-24-44(32)36(46)33(27-12-8-6-9-13-27)41-38(48)51-20-10-5-3-4-7-11-25-14-15-26-18-19-40-35(52-29)31(26)21-25/h2,7,11,14-15,18-19,21,27-30,32-33H,1,3-6,8-10,12-13,16-17,20,22-24H2,(H,41,48)(H,42,45)(H,43,47)/b11-7+/t28-,29-,32+,33+,39?/m1/s1. The van der Waals surface area contributed by atoms with Gasteiger partial charge < -0.3 is 25.0 Å². The fourth-order valence-corrected chi connectivity index (χ4v) is 9.39. The highest BCUT2D eigenvalue weighted by molar-refractivity contribution is 7.91. The van der Waals surface area contributed by atoms with E-state index in [1.54, 1.807) is 6.20 Å². The molecule has 2 aliphatic heterocycles. The molecule has 1 aromatic carbocycles. The van der Waals surface area contributed by atoms with Gasteiger partial charge in [0.1, 0.15) is 23.7 Å². The predicted octanol–water partition coefficient (Wildman–Crippen LogP) is 4.51. The molecule has 3 saturated carbocycles. The Labute approximate surface area is 310 Å². The summed E-state index contributed by atoms with van der Waals surface area (Å²) in [5.74, 6) is -2.15. The van der Waals surface area contributed by atoms with Crippen molar-refractivity contribution < 1.29 is 37.1 Å². The van der Waals surface area contributed by atoms with E-state index < -0.39 is 68.7 Å². The van der Waals surface area contributed by atoms with Gasteiger partial charge in [0.05, 0.1) is 18.4 Å². The first-order valence-electron chi connectivity index (χ1n) is 19.0. The van der Waals surface area contributed by atoms with Crippen LogP contribution in [0.25, 0.3) is 16.8 Å². The van der Waals surface area contributed by atoms with Gasteiger partial charge in [0.2, 0.25) is 27.7 Å². The van der Waals surface area contributed by atoms with Crippen LogP contribution in [0.1, 0.15) is 89.0 Å². The zero-order chi connectivity index (χ0) is 37.2. The SMILES string of the molecule is C=C[C@@H]1CC1(NC(=O)[C@@H]1C[C@@H]2CN1C(=O)[C@H](C1CCCCC1)NC(=O)OCCCCC/C=C/c1ccc3ccnc(c3c1)O2)C(=O)NS(=O)(=O)C1CC1. The van der Waals surface area contributed by atoms with E-state index in [4.69, 9.17) is 9.47 Å². The number of rotatable bonds is 7. The summed E-state index contributed by atoms with van der Waals surface area (Å²) < 4.78 is 39.7. The molecule has 3 N–H and O–H groups in total. The monoisotopic (exact) mass is 747 g/mol. The second-order valence-corrected chi connectivity index (χ2v) is 17.1. The second-order valence-electron chi connectivity index (χ2n) is 15.2. The van der Waals surface area contributed by atoms with E-state index in [1.807, 2.05) is 24.3 Å². The van der Waals surface area contributed by atoms with Crippen molar-refractivity contribution in [3.63, 3.8) is 0 Å². The average Bonchev–Trinajstić information content (AvgIpc) is 4.08. The lowest BCUT2D eigenvalue weighted by Gasteiger charge is -2.34. The maximum absolute atomic E-state index is 14.7. The summed E-state index contributed by atoms with van der Waals surface area (Å²) in [4.78, 5) is 61.7. The molecule has 2 aromatic rings. The van der Waals surface area contributed by atoms with Crippen LogP contribution in [-0.4, -0.2) is 84.2 Å². The molecule has 4 amide bonds. The molecule has 284 valence electrons. The Morgan fingerprint density at radius 3 is 2.58 bits per heavy atom. The first kappa shape index (κ1) is 36.9. The third-order valence-corrected chi connectivity index (χ3v) is 13.2. The first-order chi connectivity index (χ1) is 25.6. The molecular formula is C39H49N5O8S. The third-order valence-electron chi connectivity index (χ3n) is 11.3. The largest absolute Gasteiger partial charge is 0.472 e. The number of hydrogen-bond acceptors (Lipinski definition) is 9. The molecule has 1 unspecified atom stereocenters. The maximum Gasteiger partial charge on any atom is 0.407 e. The number of alkyl carbamates (subject to hydrolysis) is 1. The molecule has 4 bridgehead atoms. The minimum absolute atomic E-state index is 0.0225. The Bertz CT molecular complexity index is 1890. The maximum atomic E-state index is 14.7. The third kappa shape index (κ3) is 8.22. The summed E-state index contributed by atoms with van der Waals surface area (Å²) in [6.07, 6.45) is 14.9. The number of fused-ring (bicyclic) bond motifs is 3. The number of cyclic esters (lactones) is 1. The van der Waals surface area contributed by atoms with Gasteiger partial charge in [0.15, 0.2) is 0 Å². The fraction of sp³-hybridized carbons (Fsp3) is 0.564. The van der Waals surface area contributed by atoms with Crippen molar-refractivity contribution in [2.24, 2.45) is 11.8 Å². The summed E-state index contributed by atoms with van der Waals surface area (Å²) in [6, 6.07) is 5.92. The number of nitrogens with one attached hydrogen (secondary N) is 3. The number of ether oxygens (including phenoxy) is 2. The molecule has 1 aromatic heterocycles. The van der Waals surface area contributed by atoms with Crippen LogP contribution in [0.15, 0.2) is 49.2 Å². The van der Waals surface area contributed by atoms with Crippen molar-refractivity contribution in [1.29, 1.82) is 0 Å².